The number of hydrogen-bond acceptors (Lipinski definition) is 3. The summed E-state index contributed by atoms with van der Waals surface area (Å²) < 4.78 is 0. The lowest BCUT2D eigenvalue weighted by Gasteiger charge is -2.26. The molecule has 0 unspecified atom stereocenters. The van der Waals surface area contributed by atoms with Gasteiger partial charge in [0.05, 0.1) is 17.7 Å². The van der Waals surface area contributed by atoms with Crippen LogP contribution in [0.4, 0.5) is 5.69 Å². The number of hydrogen-bond donors (Lipinski definition) is 3. The molecule has 0 bridgehead atoms. The number of carbonyl (C=O) groups is 1. The Morgan fingerprint density at radius 1 is 1.15 bits per heavy atom. The summed E-state index contributed by atoms with van der Waals surface area (Å²) in [6.45, 7) is 6.05. The Morgan fingerprint density at radius 3 is 2.20 bits per heavy atom. The van der Waals surface area contributed by atoms with Gasteiger partial charge in [-0.25, -0.2) is 0 Å². The molecule has 112 valence electrons. The molecule has 0 aliphatic rings. The number of hydrazine groups is 1. The molecule has 0 heterocycles. The number of nitrogens with one attached hydrogen (secondary N) is 2. The van der Waals surface area contributed by atoms with Crippen molar-refractivity contribution in [2.24, 2.45) is 0 Å². The van der Waals surface area contributed by atoms with Crippen molar-refractivity contribution in [1.29, 1.82) is 0 Å². The van der Waals surface area contributed by atoms with Gasteiger partial charge in [-0.1, -0.05) is 44.4 Å². The predicted molar refractivity (Wildman–Crippen MR) is 82.3 cm³/mol. The maximum atomic E-state index is 11.9. The van der Waals surface area contributed by atoms with Crippen molar-refractivity contribution in [2.45, 2.75) is 58.5 Å². The van der Waals surface area contributed by atoms with E-state index in [-0.39, 0.29) is 12.3 Å². The molecule has 0 aromatic heterocycles. The molecule has 0 atom stereocenters. The van der Waals surface area contributed by atoms with Gasteiger partial charge < -0.3 is 5.11 Å². The summed E-state index contributed by atoms with van der Waals surface area (Å²) in [6, 6.07) is 7.75. The van der Waals surface area contributed by atoms with Crippen molar-refractivity contribution in [2.75, 3.05) is 5.43 Å². The molecule has 4 heteroatoms. The molecule has 0 fully saturated rings. The van der Waals surface area contributed by atoms with Crippen LogP contribution in [-0.2, 0) is 4.79 Å². The molecule has 0 saturated carbocycles. The SMILES string of the molecule is CCCC(O)(CCC)CC(=O)NNc1ccc(C)cc1. The van der Waals surface area contributed by atoms with Gasteiger partial charge in [0.2, 0.25) is 5.91 Å². The Kier molecular flexibility index (Phi) is 6.52. The van der Waals surface area contributed by atoms with E-state index >= 15 is 0 Å². The number of aryl methyl sites for hydroxylation is 1. The van der Waals surface area contributed by atoms with Crippen LogP contribution in [0, 0.1) is 6.92 Å². The van der Waals surface area contributed by atoms with E-state index in [1.165, 1.54) is 5.56 Å². The molecule has 1 aromatic carbocycles. The third kappa shape index (κ3) is 5.61. The van der Waals surface area contributed by atoms with Crippen LogP contribution in [0.3, 0.4) is 0 Å². The first-order valence-corrected chi connectivity index (χ1v) is 7.33. The molecule has 1 rings (SSSR count). The summed E-state index contributed by atoms with van der Waals surface area (Å²) in [5, 5.41) is 10.4. The molecule has 1 amide bonds. The highest BCUT2D eigenvalue weighted by molar-refractivity contribution is 5.78. The van der Waals surface area contributed by atoms with E-state index in [4.69, 9.17) is 0 Å². The zero-order valence-corrected chi connectivity index (χ0v) is 12.7. The molecular formula is C16H26N2O2. The van der Waals surface area contributed by atoms with Crippen molar-refractivity contribution >= 4 is 11.6 Å². The number of rotatable bonds is 8. The van der Waals surface area contributed by atoms with Gasteiger partial charge in [-0.3, -0.25) is 15.6 Å². The van der Waals surface area contributed by atoms with Crippen LogP contribution in [0.2, 0.25) is 0 Å². The summed E-state index contributed by atoms with van der Waals surface area (Å²) in [6.07, 6.45) is 3.18. The van der Waals surface area contributed by atoms with Crippen molar-refractivity contribution in [3.05, 3.63) is 29.8 Å². The van der Waals surface area contributed by atoms with Crippen LogP contribution < -0.4 is 10.9 Å². The largest absolute Gasteiger partial charge is 0.389 e. The van der Waals surface area contributed by atoms with Crippen molar-refractivity contribution < 1.29 is 9.90 Å². The standard InChI is InChI=1S/C16H26N2O2/c1-4-10-16(20,11-5-2)12-15(19)18-17-14-8-6-13(3)7-9-14/h6-9,17,20H,4-5,10-12H2,1-3H3,(H,18,19). The van der Waals surface area contributed by atoms with Crippen molar-refractivity contribution in [3.8, 4) is 0 Å². The highest BCUT2D eigenvalue weighted by Gasteiger charge is 2.27. The summed E-state index contributed by atoms with van der Waals surface area (Å²) in [5.41, 5.74) is 6.62. The normalized spacial score (nSPS) is 11.2. The molecule has 0 saturated heterocycles. The van der Waals surface area contributed by atoms with Crippen LogP contribution in [-0.4, -0.2) is 16.6 Å². The number of benzene rings is 1. The van der Waals surface area contributed by atoms with Gasteiger partial charge in [-0.15, -0.1) is 0 Å². The number of aliphatic hydroxyl groups is 1. The van der Waals surface area contributed by atoms with Gasteiger partial charge in [-0.05, 0) is 31.9 Å². The first-order valence-electron chi connectivity index (χ1n) is 7.33. The number of carbonyl (C=O) groups excluding carboxylic acids is 1. The average Bonchev–Trinajstić information content (AvgIpc) is 2.38. The summed E-state index contributed by atoms with van der Waals surface area (Å²) in [7, 11) is 0. The Labute approximate surface area is 121 Å². The molecule has 0 radical (unpaired) electrons. The second-order valence-corrected chi connectivity index (χ2v) is 5.44. The van der Waals surface area contributed by atoms with E-state index in [2.05, 4.69) is 10.9 Å². The van der Waals surface area contributed by atoms with E-state index < -0.39 is 5.60 Å². The second kappa shape index (κ2) is 7.90. The fourth-order valence-electron chi connectivity index (χ4n) is 2.35. The van der Waals surface area contributed by atoms with E-state index in [1.54, 1.807) is 0 Å². The maximum Gasteiger partial charge on any atom is 0.241 e. The van der Waals surface area contributed by atoms with E-state index in [0.717, 1.165) is 18.5 Å². The van der Waals surface area contributed by atoms with Gasteiger partial charge in [0.15, 0.2) is 0 Å². The van der Waals surface area contributed by atoms with Crippen LogP contribution in [0.1, 0.15) is 51.5 Å². The van der Waals surface area contributed by atoms with Crippen LogP contribution in [0.25, 0.3) is 0 Å². The van der Waals surface area contributed by atoms with Crippen LogP contribution >= 0.6 is 0 Å². The fraction of sp³-hybridized carbons (Fsp3) is 0.562. The highest BCUT2D eigenvalue weighted by Crippen LogP contribution is 2.23. The molecule has 0 aliphatic carbocycles. The average molecular weight is 278 g/mol. The lowest BCUT2D eigenvalue weighted by molar-refractivity contribution is -0.126. The van der Waals surface area contributed by atoms with E-state index in [1.807, 2.05) is 45.0 Å². The Balaban J connectivity index is 2.47. The maximum absolute atomic E-state index is 11.9. The van der Waals surface area contributed by atoms with Gasteiger partial charge in [0.1, 0.15) is 0 Å². The Morgan fingerprint density at radius 2 is 1.70 bits per heavy atom. The third-order valence-electron chi connectivity index (χ3n) is 3.32. The zero-order chi connectivity index (χ0) is 15.0. The lowest BCUT2D eigenvalue weighted by atomic mass is 9.89. The number of anilines is 1. The highest BCUT2D eigenvalue weighted by atomic mass is 16.3. The summed E-state index contributed by atoms with van der Waals surface area (Å²) in [4.78, 5) is 11.9. The van der Waals surface area contributed by atoms with Gasteiger partial charge in [0, 0.05) is 0 Å². The first kappa shape index (κ1) is 16.5. The molecule has 1 aromatic rings. The van der Waals surface area contributed by atoms with Gasteiger partial charge in [0.25, 0.3) is 0 Å². The predicted octanol–water partition coefficient (Wildman–Crippen LogP) is 3.16. The topological polar surface area (TPSA) is 61.4 Å². The van der Waals surface area contributed by atoms with E-state index in [9.17, 15) is 9.90 Å². The third-order valence-corrected chi connectivity index (χ3v) is 3.32. The minimum absolute atomic E-state index is 0.132. The second-order valence-electron chi connectivity index (χ2n) is 5.44. The molecular weight excluding hydrogens is 252 g/mol. The summed E-state index contributed by atoms with van der Waals surface area (Å²) in [5.74, 6) is -0.185. The molecule has 0 aliphatic heterocycles. The fourth-order valence-corrected chi connectivity index (χ4v) is 2.35. The minimum atomic E-state index is -0.886. The van der Waals surface area contributed by atoms with Crippen LogP contribution in [0.15, 0.2) is 24.3 Å². The van der Waals surface area contributed by atoms with E-state index in [0.29, 0.717) is 12.8 Å². The quantitative estimate of drug-likeness (QED) is 0.640. The molecule has 3 N–H and O–H groups in total. The first-order chi connectivity index (χ1) is 9.49. The van der Waals surface area contributed by atoms with Crippen molar-refractivity contribution in [1.82, 2.24) is 5.43 Å². The molecule has 4 nitrogen and oxygen atoms in total. The van der Waals surface area contributed by atoms with Gasteiger partial charge >= 0.3 is 0 Å². The van der Waals surface area contributed by atoms with Crippen molar-refractivity contribution in [3.63, 3.8) is 0 Å². The number of amides is 1. The zero-order valence-electron chi connectivity index (χ0n) is 12.7. The Hall–Kier alpha value is -1.55. The van der Waals surface area contributed by atoms with Crippen LogP contribution in [0.5, 0.6) is 0 Å². The minimum Gasteiger partial charge on any atom is -0.389 e. The lowest BCUT2D eigenvalue weighted by Crippen LogP contribution is -2.38. The monoisotopic (exact) mass is 278 g/mol. The molecule has 20 heavy (non-hydrogen) atoms. The summed E-state index contributed by atoms with van der Waals surface area (Å²) >= 11 is 0. The Bertz CT molecular complexity index is 409. The van der Waals surface area contributed by atoms with Gasteiger partial charge in [-0.2, -0.15) is 0 Å². The molecule has 0 spiro atoms. The smallest absolute Gasteiger partial charge is 0.241 e.